The van der Waals surface area contributed by atoms with Gasteiger partial charge < -0.3 is 5.32 Å². The molecule has 4 heteroatoms. The summed E-state index contributed by atoms with van der Waals surface area (Å²) in [5.41, 5.74) is 0. The van der Waals surface area contributed by atoms with Crippen molar-refractivity contribution >= 4 is 39.0 Å². The summed E-state index contributed by atoms with van der Waals surface area (Å²) < 4.78 is 1.21. The summed E-state index contributed by atoms with van der Waals surface area (Å²) in [5.74, 6) is 1.24. The van der Waals surface area contributed by atoms with E-state index in [0.717, 1.165) is 6.54 Å². The van der Waals surface area contributed by atoms with E-state index in [-0.39, 0.29) is 0 Å². The highest BCUT2D eigenvalue weighted by Gasteiger charge is 2.02. The first-order valence-corrected chi connectivity index (χ1v) is 7.69. The lowest BCUT2D eigenvalue weighted by atomic mass is 10.2. The van der Waals surface area contributed by atoms with Crippen LogP contribution in [-0.2, 0) is 6.54 Å². The standard InChI is InChI=1S/C10H16BrNS2/c1-8(5-6-13-2)12-7-9-3-4-10(11)14-9/h3-4,8,12H,5-7H2,1-2H3. The minimum absolute atomic E-state index is 0.614. The van der Waals surface area contributed by atoms with Gasteiger partial charge in [-0.2, -0.15) is 11.8 Å². The summed E-state index contributed by atoms with van der Waals surface area (Å²) in [6.07, 6.45) is 3.40. The number of thiophene rings is 1. The highest BCUT2D eigenvalue weighted by Crippen LogP contribution is 2.21. The van der Waals surface area contributed by atoms with Gasteiger partial charge in [-0.25, -0.2) is 0 Å². The summed E-state index contributed by atoms with van der Waals surface area (Å²) in [5, 5.41) is 3.52. The molecule has 1 rings (SSSR count). The zero-order valence-corrected chi connectivity index (χ0v) is 11.8. The third-order valence-electron chi connectivity index (χ3n) is 2.01. The van der Waals surface area contributed by atoms with Gasteiger partial charge in [0.2, 0.25) is 0 Å². The van der Waals surface area contributed by atoms with E-state index >= 15 is 0 Å². The average molecular weight is 294 g/mol. The highest BCUT2D eigenvalue weighted by molar-refractivity contribution is 9.11. The molecule has 0 spiro atoms. The van der Waals surface area contributed by atoms with Gasteiger partial charge in [0.25, 0.3) is 0 Å². The predicted octanol–water partition coefficient (Wildman–Crippen LogP) is 3.74. The number of hydrogen-bond donors (Lipinski definition) is 1. The number of thioether (sulfide) groups is 1. The zero-order chi connectivity index (χ0) is 10.4. The van der Waals surface area contributed by atoms with E-state index in [2.05, 4.69) is 46.6 Å². The third kappa shape index (κ3) is 4.82. The second-order valence-electron chi connectivity index (χ2n) is 3.27. The second kappa shape index (κ2) is 6.88. The number of halogens is 1. The van der Waals surface area contributed by atoms with Gasteiger partial charge in [-0.3, -0.25) is 0 Å². The fraction of sp³-hybridized carbons (Fsp3) is 0.600. The van der Waals surface area contributed by atoms with Crippen LogP contribution < -0.4 is 5.32 Å². The van der Waals surface area contributed by atoms with Crippen molar-refractivity contribution in [3.05, 3.63) is 20.8 Å². The van der Waals surface area contributed by atoms with Gasteiger partial charge in [0.15, 0.2) is 0 Å². The first-order chi connectivity index (χ1) is 6.72. The van der Waals surface area contributed by atoms with Crippen LogP contribution >= 0.6 is 39.0 Å². The minimum atomic E-state index is 0.614. The fourth-order valence-corrected chi connectivity index (χ4v) is 3.14. The van der Waals surface area contributed by atoms with Crippen molar-refractivity contribution in [2.45, 2.75) is 25.9 Å². The van der Waals surface area contributed by atoms with Crippen molar-refractivity contribution in [3.8, 4) is 0 Å². The van der Waals surface area contributed by atoms with E-state index in [1.807, 2.05) is 11.8 Å². The van der Waals surface area contributed by atoms with E-state index in [9.17, 15) is 0 Å². The molecule has 1 heterocycles. The van der Waals surface area contributed by atoms with Gasteiger partial charge in [-0.05, 0) is 53.4 Å². The van der Waals surface area contributed by atoms with Crippen molar-refractivity contribution in [2.75, 3.05) is 12.0 Å². The Kier molecular flexibility index (Phi) is 6.17. The second-order valence-corrected chi connectivity index (χ2v) is 6.80. The molecular weight excluding hydrogens is 278 g/mol. The van der Waals surface area contributed by atoms with E-state index < -0.39 is 0 Å². The molecule has 0 aliphatic carbocycles. The minimum Gasteiger partial charge on any atom is -0.309 e. The van der Waals surface area contributed by atoms with Crippen molar-refractivity contribution in [1.82, 2.24) is 5.32 Å². The zero-order valence-electron chi connectivity index (χ0n) is 8.55. The summed E-state index contributed by atoms with van der Waals surface area (Å²) in [6, 6.07) is 4.89. The first-order valence-electron chi connectivity index (χ1n) is 4.69. The lowest BCUT2D eigenvalue weighted by molar-refractivity contribution is 0.541. The van der Waals surface area contributed by atoms with E-state index in [0.29, 0.717) is 6.04 Å². The Morgan fingerprint density at radius 3 is 2.93 bits per heavy atom. The van der Waals surface area contributed by atoms with Crippen LogP contribution in [-0.4, -0.2) is 18.1 Å². The SMILES string of the molecule is CSCCC(C)NCc1ccc(Br)s1. The smallest absolute Gasteiger partial charge is 0.0701 e. The Balaban J connectivity index is 2.20. The van der Waals surface area contributed by atoms with Gasteiger partial charge in [0, 0.05) is 17.5 Å². The van der Waals surface area contributed by atoms with Crippen molar-refractivity contribution in [3.63, 3.8) is 0 Å². The van der Waals surface area contributed by atoms with Crippen LogP contribution in [0.15, 0.2) is 15.9 Å². The topological polar surface area (TPSA) is 12.0 Å². The molecule has 0 bridgehead atoms. The van der Waals surface area contributed by atoms with Crippen molar-refractivity contribution in [2.24, 2.45) is 0 Å². The summed E-state index contributed by atoms with van der Waals surface area (Å²) in [4.78, 5) is 1.40. The molecule has 14 heavy (non-hydrogen) atoms. The molecule has 0 fully saturated rings. The van der Waals surface area contributed by atoms with Gasteiger partial charge in [0.05, 0.1) is 3.79 Å². The van der Waals surface area contributed by atoms with Gasteiger partial charge >= 0.3 is 0 Å². The van der Waals surface area contributed by atoms with Crippen molar-refractivity contribution < 1.29 is 0 Å². The Morgan fingerprint density at radius 2 is 2.36 bits per heavy atom. The normalized spacial score (nSPS) is 13.1. The maximum atomic E-state index is 3.52. The summed E-state index contributed by atoms with van der Waals surface area (Å²) in [7, 11) is 0. The molecule has 0 radical (unpaired) electrons. The molecule has 1 nitrogen and oxygen atoms in total. The van der Waals surface area contributed by atoms with Crippen LogP contribution in [0.4, 0.5) is 0 Å². The third-order valence-corrected chi connectivity index (χ3v) is 4.28. The van der Waals surface area contributed by atoms with E-state index in [1.54, 1.807) is 11.3 Å². The monoisotopic (exact) mass is 293 g/mol. The number of nitrogens with one attached hydrogen (secondary N) is 1. The van der Waals surface area contributed by atoms with Crippen LogP contribution in [0.25, 0.3) is 0 Å². The summed E-state index contributed by atoms with van der Waals surface area (Å²) >= 11 is 7.18. The van der Waals surface area contributed by atoms with Gasteiger partial charge in [-0.1, -0.05) is 0 Å². The predicted molar refractivity (Wildman–Crippen MR) is 71.3 cm³/mol. The van der Waals surface area contributed by atoms with Crippen LogP contribution in [0.2, 0.25) is 0 Å². The molecule has 80 valence electrons. The lowest BCUT2D eigenvalue weighted by Gasteiger charge is -2.11. The molecule has 1 unspecified atom stereocenters. The van der Waals surface area contributed by atoms with Crippen LogP contribution in [0.1, 0.15) is 18.2 Å². The largest absolute Gasteiger partial charge is 0.309 e. The Bertz CT molecular complexity index is 262. The molecule has 1 aromatic rings. The molecular formula is C10H16BrNS2. The number of hydrogen-bond acceptors (Lipinski definition) is 3. The lowest BCUT2D eigenvalue weighted by Crippen LogP contribution is -2.25. The molecule has 0 amide bonds. The first kappa shape index (κ1) is 12.6. The molecule has 0 aliphatic rings. The van der Waals surface area contributed by atoms with Crippen LogP contribution in [0, 0.1) is 0 Å². The van der Waals surface area contributed by atoms with Crippen LogP contribution in [0.5, 0.6) is 0 Å². The Labute approximate surface area is 103 Å². The average Bonchev–Trinajstić information content (AvgIpc) is 2.58. The van der Waals surface area contributed by atoms with Gasteiger partial charge in [0.1, 0.15) is 0 Å². The van der Waals surface area contributed by atoms with E-state index in [1.165, 1.54) is 20.8 Å². The van der Waals surface area contributed by atoms with Crippen molar-refractivity contribution in [1.29, 1.82) is 0 Å². The van der Waals surface area contributed by atoms with Gasteiger partial charge in [-0.15, -0.1) is 11.3 Å². The molecule has 1 aromatic heterocycles. The Hall–Kier alpha value is 0.490. The van der Waals surface area contributed by atoms with E-state index in [4.69, 9.17) is 0 Å². The summed E-state index contributed by atoms with van der Waals surface area (Å²) in [6.45, 7) is 3.24. The molecule has 1 N–H and O–H groups in total. The van der Waals surface area contributed by atoms with Crippen LogP contribution in [0.3, 0.4) is 0 Å². The maximum Gasteiger partial charge on any atom is 0.0701 e. The molecule has 0 aliphatic heterocycles. The molecule has 0 saturated heterocycles. The molecule has 0 saturated carbocycles. The fourth-order valence-electron chi connectivity index (χ4n) is 1.12. The Morgan fingerprint density at radius 1 is 1.57 bits per heavy atom. The molecule has 0 aromatic carbocycles. The quantitative estimate of drug-likeness (QED) is 0.857. The highest BCUT2D eigenvalue weighted by atomic mass is 79.9. The molecule has 1 atom stereocenters. The number of rotatable bonds is 6. The maximum absolute atomic E-state index is 3.52.